The highest BCUT2D eigenvalue weighted by atomic mass is 32.2. The van der Waals surface area contributed by atoms with Gasteiger partial charge >= 0.3 is 10.1 Å². The number of halogens is 1. The first-order chi connectivity index (χ1) is 13.0. The van der Waals surface area contributed by atoms with Crippen LogP contribution in [-0.4, -0.2) is 37.7 Å². The van der Waals surface area contributed by atoms with Crippen LogP contribution in [0.4, 0.5) is 4.39 Å². The van der Waals surface area contributed by atoms with Gasteiger partial charge in [-0.3, -0.25) is 4.79 Å². The Bertz CT molecular complexity index is 1080. The Morgan fingerprint density at radius 3 is 2.36 bits per heavy atom. The molecule has 0 aromatic heterocycles. The van der Waals surface area contributed by atoms with Gasteiger partial charge in [-0.15, -0.1) is 0 Å². The Morgan fingerprint density at radius 1 is 1.11 bits per heavy atom. The summed E-state index contributed by atoms with van der Waals surface area (Å²) in [6.07, 6.45) is 0. The van der Waals surface area contributed by atoms with Crippen molar-refractivity contribution >= 4 is 39.4 Å². The summed E-state index contributed by atoms with van der Waals surface area (Å²) < 4.78 is 46.2. The number of ketones is 1. The van der Waals surface area contributed by atoms with Crippen molar-refractivity contribution in [1.29, 1.82) is 0 Å². The molecule has 0 bridgehead atoms. The SMILES string of the molecule is [B]C1(c2cccc(F)c2)OC(N)=C(OS(=O)(=O)C([B])([B])c2ccccc2)C1=O. The zero-order valence-corrected chi connectivity index (χ0v) is 15.1. The van der Waals surface area contributed by atoms with E-state index >= 15 is 0 Å². The number of Topliss-reactive ketones (excluding diaryl/α,β-unsaturated/α-hetero) is 1. The van der Waals surface area contributed by atoms with Gasteiger partial charge in [0.2, 0.25) is 17.4 Å². The Kier molecular flexibility index (Phi) is 4.83. The maximum atomic E-state index is 13.5. The molecule has 1 aliphatic heterocycles. The molecule has 1 heterocycles. The molecule has 2 N–H and O–H groups in total. The van der Waals surface area contributed by atoms with Crippen LogP contribution in [0.15, 0.2) is 66.2 Å². The number of carbonyl (C=O) groups is 1. The summed E-state index contributed by atoms with van der Waals surface area (Å²) >= 11 is 0. The summed E-state index contributed by atoms with van der Waals surface area (Å²) in [7, 11) is 12.6. The highest BCUT2D eigenvalue weighted by Crippen LogP contribution is 2.38. The lowest BCUT2D eigenvalue weighted by Crippen LogP contribution is -2.40. The first-order valence-corrected chi connectivity index (χ1v) is 9.25. The van der Waals surface area contributed by atoms with Crippen molar-refractivity contribution in [3.05, 3.63) is 83.2 Å². The molecule has 11 heteroatoms. The third-order valence-corrected chi connectivity index (χ3v) is 5.57. The molecule has 0 amide bonds. The van der Waals surface area contributed by atoms with Crippen molar-refractivity contribution in [3.63, 3.8) is 0 Å². The molecule has 28 heavy (non-hydrogen) atoms. The van der Waals surface area contributed by atoms with E-state index in [4.69, 9.17) is 38.2 Å². The Morgan fingerprint density at radius 2 is 1.75 bits per heavy atom. The second kappa shape index (κ2) is 6.74. The van der Waals surface area contributed by atoms with Gasteiger partial charge in [0.15, 0.2) is 5.50 Å². The molecular formula is C17H11B3FNO5S. The fourth-order valence-corrected chi connectivity index (χ4v) is 3.50. The van der Waals surface area contributed by atoms with Crippen molar-refractivity contribution < 1.29 is 26.5 Å². The minimum atomic E-state index is -4.82. The molecule has 0 spiro atoms. The molecule has 0 fully saturated rings. The van der Waals surface area contributed by atoms with Gasteiger partial charge in [0, 0.05) is 0 Å². The lowest BCUT2D eigenvalue weighted by Gasteiger charge is -2.26. The quantitative estimate of drug-likeness (QED) is 0.583. The molecule has 2 aromatic carbocycles. The minimum Gasteiger partial charge on any atom is -0.467 e. The number of benzene rings is 2. The highest BCUT2D eigenvalue weighted by Gasteiger charge is 2.50. The largest absolute Gasteiger partial charge is 0.467 e. The number of hydrogen-bond acceptors (Lipinski definition) is 6. The molecular weight excluding hydrogens is 382 g/mol. The van der Waals surface area contributed by atoms with Gasteiger partial charge in [-0.1, -0.05) is 42.5 Å². The van der Waals surface area contributed by atoms with Gasteiger partial charge in [-0.05, 0) is 23.3 Å². The zero-order chi connectivity index (χ0) is 20.7. The molecule has 136 valence electrons. The van der Waals surface area contributed by atoms with Crippen LogP contribution in [0.1, 0.15) is 11.1 Å². The van der Waals surface area contributed by atoms with E-state index < -0.39 is 43.4 Å². The van der Waals surface area contributed by atoms with Crippen molar-refractivity contribution in [2.24, 2.45) is 5.73 Å². The average molecular weight is 393 g/mol. The van der Waals surface area contributed by atoms with Gasteiger partial charge in [0.1, 0.15) is 13.7 Å². The average Bonchev–Trinajstić information content (AvgIpc) is 2.86. The molecule has 0 aliphatic carbocycles. The molecule has 0 saturated carbocycles. The smallest absolute Gasteiger partial charge is 0.302 e. The van der Waals surface area contributed by atoms with Gasteiger partial charge < -0.3 is 14.7 Å². The molecule has 3 rings (SSSR count). The van der Waals surface area contributed by atoms with Gasteiger partial charge in [0.25, 0.3) is 0 Å². The van der Waals surface area contributed by atoms with Crippen LogP contribution < -0.4 is 5.73 Å². The van der Waals surface area contributed by atoms with E-state index in [1.165, 1.54) is 36.4 Å². The highest BCUT2D eigenvalue weighted by molar-refractivity contribution is 7.90. The fraction of sp³-hybridized carbons (Fsp3) is 0.118. The first kappa shape index (κ1) is 20.1. The second-order valence-electron chi connectivity index (χ2n) is 6.07. The van der Waals surface area contributed by atoms with E-state index in [0.717, 1.165) is 12.1 Å². The fourth-order valence-electron chi connectivity index (χ4n) is 2.56. The number of ether oxygens (including phenoxy) is 1. The van der Waals surface area contributed by atoms with E-state index in [0.29, 0.717) is 0 Å². The molecule has 2 aromatic rings. The van der Waals surface area contributed by atoms with E-state index in [-0.39, 0.29) is 11.1 Å². The van der Waals surface area contributed by atoms with E-state index in [2.05, 4.69) is 0 Å². The van der Waals surface area contributed by atoms with Crippen LogP contribution in [0.5, 0.6) is 0 Å². The second-order valence-corrected chi connectivity index (χ2v) is 7.82. The van der Waals surface area contributed by atoms with E-state index in [9.17, 15) is 17.6 Å². The summed E-state index contributed by atoms with van der Waals surface area (Å²) in [6.45, 7) is 0. The molecule has 1 aliphatic rings. The number of rotatable bonds is 5. The van der Waals surface area contributed by atoms with Crippen LogP contribution in [0.2, 0.25) is 0 Å². The van der Waals surface area contributed by atoms with Crippen molar-refractivity contribution in [3.8, 4) is 0 Å². The summed E-state index contributed by atoms with van der Waals surface area (Å²) in [4.78, 5) is 12.7. The van der Waals surface area contributed by atoms with Gasteiger partial charge in [-0.25, -0.2) is 4.39 Å². The molecule has 0 saturated heterocycles. The van der Waals surface area contributed by atoms with E-state index in [1.54, 1.807) is 6.07 Å². The van der Waals surface area contributed by atoms with Gasteiger partial charge in [0.05, 0.1) is 20.2 Å². The predicted octanol–water partition coefficient (Wildman–Crippen LogP) is 0.368. The van der Waals surface area contributed by atoms with Gasteiger partial charge in [-0.2, -0.15) is 8.42 Å². The molecule has 6 nitrogen and oxygen atoms in total. The third-order valence-electron chi connectivity index (χ3n) is 4.12. The lowest BCUT2D eigenvalue weighted by atomic mass is 9.65. The van der Waals surface area contributed by atoms with Crippen LogP contribution >= 0.6 is 0 Å². The van der Waals surface area contributed by atoms with Crippen molar-refractivity contribution in [2.45, 2.75) is 10.0 Å². The lowest BCUT2D eigenvalue weighted by molar-refractivity contribution is -0.126. The number of carbonyl (C=O) groups excluding carboxylic acids is 1. The topological polar surface area (TPSA) is 95.7 Å². The molecule has 1 atom stereocenters. The predicted molar refractivity (Wildman–Crippen MR) is 101 cm³/mol. The van der Waals surface area contributed by atoms with Crippen LogP contribution in [0, 0.1) is 5.82 Å². The summed E-state index contributed by atoms with van der Waals surface area (Å²) in [5.74, 6) is -3.43. The summed E-state index contributed by atoms with van der Waals surface area (Å²) in [5, 5.41) is 0. The Labute approximate surface area is 165 Å². The standard InChI is InChI=1S/C17H11B3FNO5S/c18-16(11-7-4-8-12(21)9-11)14(23)13(15(22)26-16)27-28(24,25)17(19,20)10-5-2-1-3-6-10/h1-9H,22H2. The van der Waals surface area contributed by atoms with Crippen LogP contribution in [-0.2, 0) is 33.9 Å². The first-order valence-electron chi connectivity index (χ1n) is 7.85. The maximum absolute atomic E-state index is 13.5. The Balaban J connectivity index is 1.94. The van der Waals surface area contributed by atoms with E-state index in [1.807, 2.05) is 0 Å². The van der Waals surface area contributed by atoms with Crippen LogP contribution in [0.3, 0.4) is 0 Å². The summed E-state index contributed by atoms with van der Waals surface area (Å²) in [6, 6.07) is 12.1. The monoisotopic (exact) mass is 393 g/mol. The van der Waals surface area contributed by atoms with Crippen molar-refractivity contribution in [1.82, 2.24) is 0 Å². The van der Waals surface area contributed by atoms with Crippen molar-refractivity contribution in [2.75, 3.05) is 0 Å². The van der Waals surface area contributed by atoms with Crippen LogP contribution in [0.25, 0.3) is 0 Å². The Hall–Kier alpha value is -2.68. The number of hydrogen-bond donors (Lipinski definition) is 1. The maximum Gasteiger partial charge on any atom is 0.302 e. The normalized spacial score (nSPS) is 20.1. The molecule has 6 radical (unpaired) electrons. The number of nitrogens with two attached hydrogens (primary N) is 1. The zero-order valence-electron chi connectivity index (χ0n) is 14.3. The third kappa shape index (κ3) is 3.19. The summed E-state index contributed by atoms with van der Waals surface area (Å²) in [5.41, 5.74) is 3.25. The minimum absolute atomic E-state index is 0.00433. The molecule has 1 unspecified atom stereocenters.